The number of carboxylic acid groups (broad SMARTS) is 1. The Labute approximate surface area is 246 Å². The summed E-state index contributed by atoms with van der Waals surface area (Å²) in [5.41, 5.74) is 0.766. The van der Waals surface area contributed by atoms with E-state index in [9.17, 15) is 27.8 Å². The summed E-state index contributed by atoms with van der Waals surface area (Å²) in [6, 6.07) is 20.5. The fourth-order valence-electron chi connectivity index (χ4n) is 4.15. The van der Waals surface area contributed by atoms with Crippen LogP contribution in [0.5, 0.6) is 17.2 Å². The van der Waals surface area contributed by atoms with E-state index < -0.39 is 36.1 Å². The number of ether oxygens (including phenoxy) is 2. The van der Waals surface area contributed by atoms with E-state index in [1.807, 2.05) is 13.8 Å². The number of para-hydroxylation sites is 1. The van der Waals surface area contributed by atoms with Crippen molar-refractivity contribution in [1.82, 2.24) is 9.62 Å². The third kappa shape index (κ3) is 10.4. The molecule has 0 radical (unpaired) electrons. The molecule has 0 spiro atoms. The third-order valence-electron chi connectivity index (χ3n) is 6.11. The van der Waals surface area contributed by atoms with Gasteiger partial charge in [-0.15, -0.1) is 0 Å². The van der Waals surface area contributed by atoms with Crippen molar-refractivity contribution in [3.63, 3.8) is 0 Å². The minimum absolute atomic E-state index is 0.0452. The number of benzene rings is 3. The number of methoxy groups -OCH3 is 1. The van der Waals surface area contributed by atoms with Gasteiger partial charge < -0.3 is 29.3 Å². The lowest BCUT2D eigenvalue weighted by Crippen LogP contribution is -2.41. The Balaban J connectivity index is 1.64. The molecule has 0 aliphatic carbocycles. The first-order chi connectivity index (χ1) is 19.9. The second kappa shape index (κ2) is 15.1. The molecule has 42 heavy (non-hydrogen) atoms. The van der Waals surface area contributed by atoms with E-state index in [-0.39, 0.29) is 36.1 Å². The average molecular weight is 621 g/mol. The molecule has 3 aromatic carbocycles. The number of nitrogens with one attached hydrogen (secondary N) is 1. The van der Waals surface area contributed by atoms with Crippen molar-refractivity contribution in [3.8, 4) is 17.2 Å². The molecule has 0 bridgehead atoms. The second-order valence-corrected chi connectivity index (χ2v) is 13.7. The first-order valence-corrected chi connectivity index (χ1v) is 16.5. The van der Waals surface area contributed by atoms with Crippen molar-refractivity contribution in [2.24, 2.45) is 5.92 Å². The van der Waals surface area contributed by atoms with Crippen LogP contribution in [0.1, 0.15) is 25.8 Å². The molecule has 11 nitrogen and oxygen atoms in total. The largest absolute Gasteiger partial charge is 0.497 e. The van der Waals surface area contributed by atoms with E-state index in [0.717, 1.165) is 5.56 Å². The van der Waals surface area contributed by atoms with Crippen LogP contribution in [0.4, 0.5) is 4.79 Å². The average Bonchev–Trinajstić information content (AvgIpc) is 2.94. The number of amides is 1. The van der Waals surface area contributed by atoms with Gasteiger partial charge in [-0.25, -0.2) is 17.8 Å². The van der Waals surface area contributed by atoms with E-state index in [1.54, 1.807) is 66.7 Å². The summed E-state index contributed by atoms with van der Waals surface area (Å²) in [6.07, 6.45) is -1.25. The summed E-state index contributed by atoms with van der Waals surface area (Å²) in [5.74, 6) is 1.17. The van der Waals surface area contributed by atoms with Crippen LogP contribution < -0.4 is 19.3 Å². The lowest BCUT2D eigenvalue weighted by atomic mass is 10.0. The quantitative estimate of drug-likeness (QED) is 0.183. The summed E-state index contributed by atoms with van der Waals surface area (Å²) in [7, 11) is -6.39. The summed E-state index contributed by atoms with van der Waals surface area (Å²) in [5, 5.41) is 11.9. The number of carbonyl (C=O) groups is 1. The molecule has 13 heteroatoms. The molecule has 0 aromatic heterocycles. The lowest BCUT2D eigenvalue weighted by molar-refractivity contribution is 0.188. The van der Waals surface area contributed by atoms with Crippen LogP contribution in [0.3, 0.4) is 0 Å². The molecule has 2 atom stereocenters. The van der Waals surface area contributed by atoms with Gasteiger partial charge in [-0.1, -0.05) is 44.2 Å². The maximum atomic E-state index is 13.4. The zero-order valence-corrected chi connectivity index (χ0v) is 25.5. The molecule has 0 fully saturated rings. The van der Waals surface area contributed by atoms with Gasteiger partial charge >= 0.3 is 13.7 Å². The van der Waals surface area contributed by atoms with Crippen molar-refractivity contribution >= 4 is 23.7 Å². The van der Waals surface area contributed by atoms with Gasteiger partial charge in [-0.3, -0.25) is 0 Å². The van der Waals surface area contributed by atoms with Gasteiger partial charge in [-0.2, -0.15) is 4.31 Å². The van der Waals surface area contributed by atoms with E-state index in [0.29, 0.717) is 17.9 Å². The minimum atomic E-state index is -4.06. The number of nitrogens with zero attached hydrogens (tertiary/aromatic N) is 1. The van der Waals surface area contributed by atoms with E-state index in [4.69, 9.17) is 14.0 Å². The zero-order valence-electron chi connectivity index (χ0n) is 23.8. The zero-order chi connectivity index (χ0) is 30.8. The smallest absolute Gasteiger partial charge is 0.413 e. The standard InChI is InChI=1S/C29H37N2O9PS/c1-22(2)20-31(42(36,37)28-15-13-25(38-3)14-16-28)18-17-24(30-29(32)33)19-23-9-11-26(12-10-23)39-21-41(34,35)40-27-7-5-4-6-8-27/h4-16,22,24,30H,17-21H2,1-3H3,(H,32,33)(H,34,35)/t24-/m1/s1. The van der Waals surface area contributed by atoms with E-state index >= 15 is 0 Å². The SMILES string of the molecule is COc1ccc(S(=O)(=O)N(CC[C@H](Cc2ccc(OCP(=O)(O)Oc3ccccc3)cc2)NC(=O)O)CC(C)C)cc1. The molecule has 0 saturated carbocycles. The maximum Gasteiger partial charge on any atom is 0.413 e. The Morgan fingerprint density at radius 1 is 0.952 bits per heavy atom. The van der Waals surface area contributed by atoms with Crippen molar-refractivity contribution in [2.75, 3.05) is 26.5 Å². The molecule has 0 aliphatic rings. The van der Waals surface area contributed by atoms with Crippen LogP contribution in [-0.4, -0.2) is 61.4 Å². The van der Waals surface area contributed by atoms with Crippen molar-refractivity contribution < 1.29 is 41.8 Å². The highest BCUT2D eigenvalue weighted by Gasteiger charge is 2.27. The molecule has 3 N–H and O–H groups in total. The Morgan fingerprint density at radius 3 is 2.14 bits per heavy atom. The monoisotopic (exact) mass is 620 g/mol. The molecular formula is C29H37N2O9PS. The maximum absolute atomic E-state index is 13.4. The summed E-state index contributed by atoms with van der Waals surface area (Å²) in [4.78, 5) is 21.7. The topological polar surface area (TPSA) is 152 Å². The van der Waals surface area contributed by atoms with E-state index in [2.05, 4.69) is 5.32 Å². The van der Waals surface area contributed by atoms with Crippen LogP contribution in [0.25, 0.3) is 0 Å². The predicted octanol–water partition coefficient (Wildman–Crippen LogP) is 5.21. The highest BCUT2D eigenvalue weighted by molar-refractivity contribution is 7.89. The number of hydrogen-bond acceptors (Lipinski definition) is 7. The van der Waals surface area contributed by atoms with Crippen LogP contribution in [-0.2, 0) is 21.0 Å². The molecule has 3 aromatic rings. The highest BCUT2D eigenvalue weighted by atomic mass is 32.2. The fourth-order valence-corrected chi connectivity index (χ4v) is 6.58. The highest BCUT2D eigenvalue weighted by Crippen LogP contribution is 2.42. The second-order valence-electron chi connectivity index (χ2n) is 10.0. The van der Waals surface area contributed by atoms with Crippen molar-refractivity contribution in [3.05, 3.63) is 84.4 Å². The van der Waals surface area contributed by atoms with Gasteiger partial charge in [0, 0.05) is 19.1 Å². The molecule has 1 unspecified atom stereocenters. The van der Waals surface area contributed by atoms with Gasteiger partial charge in [-0.05, 0) is 72.9 Å². The molecule has 1 amide bonds. The Bertz CT molecular complexity index is 1430. The number of rotatable bonds is 16. The van der Waals surface area contributed by atoms with Gasteiger partial charge in [0.2, 0.25) is 10.0 Å². The number of sulfonamides is 1. The third-order valence-corrected chi connectivity index (χ3v) is 8.94. The molecular weight excluding hydrogens is 583 g/mol. The first kappa shape index (κ1) is 32.9. The molecule has 3 rings (SSSR count). The molecule has 228 valence electrons. The number of hydrogen-bond donors (Lipinski definition) is 3. The van der Waals surface area contributed by atoms with Crippen LogP contribution in [0.15, 0.2) is 83.8 Å². The summed E-state index contributed by atoms with van der Waals surface area (Å²) in [6.45, 7) is 4.20. The van der Waals surface area contributed by atoms with Gasteiger partial charge in [0.15, 0.2) is 6.35 Å². The first-order valence-electron chi connectivity index (χ1n) is 13.3. The van der Waals surface area contributed by atoms with Crippen molar-refractivity contribution in [1.29, 1.82) is 0 Å². The van der Waals surface area contributed by atoms with Crippen LogP contribution >= 0.6 is 7.60 Å². The fraction of sp³-hybridized carbons (Fsp3) is 0.345. The molecule has 0 heterocycles. The molecule has 0 aliphatic heterocycles. The van der Waals surface area contributed by atoms with Gasteiger partial charge in [0.25, 0.3) is 0 Å². The van der Waals surface area contributed by atoms with Gasteiger partial charge in [0.1, 0.15) is 17.2 Å². The van der Waals surface area contributed by atoms with E-state index in [1.165, 1.54) is 23.5 Å². The van der Waals surface area contributed by atoms with Gasteiger partial charge in [0.05, 0.1) is 12.0 Å². The van der Waals surface area contributed by atoms with Crippen molar-refractivity contribution in [2.45, 2.75) is 37.6 Å². The Kier molecular flexibility index (Phi) is 11.8. The Morgan fingerprint density at radius 2 is 1.57 bits per heavy atom. The Hall–Kier alpha value is -3.57. The van der Waals surface area contributed by atoms with Crippen LogP contribution in [0.2, 0.25) is 0 Å². The predicted molar refractivity (Wildman–Crippen MR) is 159 cm³/mol. The lowest BCUT2D eigenvalue weighted by Gasteiger charge is -2.26. The summed E-state index contributed by atoms with van der Waals surface area (Å²) < 4.78 is 56.3. The minimum Gasteiger partial charge on any atom is -0.497 e. The molecule has 0 saturated heterocycles. The van der Waals surface area contributed by atoms with Crippen LogP contribution in [0, 0.1) is 5.92 Å². The summed E-state index contributed by atoms with van der Waals surface area (Å²) >= 11 is 0. The normalized spacial score (nSPS) is 13.8.